The summed E-state index contributed by atoms with van der Waals surface area (Å²) in [6.07, 6.45) is 11.7. The predicted molar refractivity (Wildman–Crippen MR) is 133 cm³/mol. The van der Waals surface area contributed by atoms with E-state index in [0.29, 0.717) is 23.9 Å². The second-order valence-electron chi connectivity index (χ2n) is 9.86. The molecular weight excluding hydrogens is 452 g/mol. The zero-order chi connectivity index (χ0) is 24.8. The van der Waals surface area contributed by atoms with E-state index < -0.39 is 9.84 Å². The van der Waals surface area contributed by atoms with Gasteiger partial charge in [0.25, 0.3) is 0 Å². The van der Waals surface area contributed by atoms with Gasteiger partial charge in [-0.2, -0.15) is 0 Å². The third-order valence-corrected chi connectivity index (χ3v) is 6.86. The van der Waals surface area contributed by atoms with Crippen LogP contribution in [0.4, 0.5) is 5.82 Å². The van der Waals surface area contributed by atoms with Crippen molar-refractivity contribution in [2.75, 3.05) is 11.6 Å². The maximum atomic E-state index is 13.2. The molecule has 1 aromatic heterocycles. The van der Waals surface area contributed by atoms with Gasteiger partial charge in [0.05, 0.1) is 28.9 Å². The number of nitrogens with one attached hydrogen (secondary N) is 1. The number of amides is 1. The Labute approximate surface area is 202 Å². The molecule has 0 unspecified atom stereocenters. The molecule has 8 nitrogen and oxygen atoms in total. The molecule has 1 aliphatic rings. The number of rotatable bonds is 9. The highest BCUT2D eigenvalue weighted by Crippen LogP contribution is 2.35. The average molecular weight is 487 g/mol. The molecule has 1 heterocycles. The van der Waals surface area contributed by atoms with Gasteiger partial charge in [-0.05, 0) is 50.8 Å². The smallest absolute Gasteiger partial charge is 0.233 e. The van der Waals surface area contributed by atoms with Crippen molar-refractivity contribution in [1.82, 2.24) is 9.97 Å². The van der Waals surface area contributed by atoms with Crippen molar-refractivity contribution in [1.29, 1.82) is 0 Å². The monoisotopic (exact) mass is 486 g/mol. The van der Waals surface area contributed by atoms with Crippen LogP contribution in [0.25, 0.3) is 0 Å². The molecule has 0 bridgehead atoms. The predicted octanol–water partition coefficient (Wildman–Crippen LogP) is 4.53. The third kappa shape index (κ3) is 7.90. The number of sulfone groups is 1. The second kappa shape index (κ2) is 11.1. The van der Waals surface area contributed by atoms with Crippen molar-refractivity contribution in [2.45, 2.75) is 75.7 Å². The number of hydrogen-bond acceptors (Lipinski definition) is 7. The summed E-state index contributed by atoms with van der Waals surface area (Å²) in [6, 6.07) is 6.62. The van der Waals surface area contributed by atoms with Crippen molar-refractivity contribution in [3.8, 4) is 0 Å². The molecule has 0 saturated heterocycles. The van der Waals surface area contributed by atoms with E-state index in [0.717, 1.165) is 24.8 Å². The van der Waals surface area contributed by atoms with Gasteiger partial charge in [0.15, 0.2) is 15.7 Å². The first kappa shape index (κ1) is 25.8. The van der Waals surface area contributed by atoms with Gasteiger partial charge in [0, 0.05) is 18.9 Å². The molecular formula is C25H34N4O4S. The minimum absolute atomic E-state index is 0.166. The van der Waals surface area contributed by atoms with Crippen molar-refractivity contribution < 1.29 is 18.0 Å². The standard InChI is InChI=1S/C25H34N4O4S/c1-25(2,3)33-28-14-13-20-16-27-23(17-26-20)29-24(30)22(15-18-7-5-6-8-18)19-9-11-21(12-10-19)34(4,31)32/h9-12,14,16-18,22H,5-8,13,15H2,1-4H3,(H,27,29,30)/t22-/m1/s1. The first-order chi connectivity index (χ1) is 16.0. The number of carbonyl (C=O) groups is 1. The lowest BCUT2D eigenvalue weighted by Crippen LogP contribution is -2.24. The summed E-state index contributed by atoms with van der Waals surface area (Å²) in [5.41, 5.74) is 1.16. The molecule has 1 saturated carbocycles. The van der Waals surface area contributed by atoms with Crippen LogP contribution in [0, 0.1) is 5.92 Å². The number of nitrogens with zero attached hydrogens (tertiary/aromatic N) is 3. The van der Waals surface area contributed by atoms with Crippen LogP contribution in [0.3, 0.4) is 0 Å². The minimum atomic E-state index is -3.29. The number of carbonyl (C=O) groups excluding carboxylic acids is 1. The first-order valence-electron chi connectivity index (χ1n) is 11.6. The fourth-order valence-corrected chi connectivity index (χ4v) is 4.62. The zero-order valence-electron chi connectivity index (χ0n) is 20.3. The van der Waals surface area contributed by atoms with Gasteiger partial charge < -0.3 is 10.2 Å². The summed E-state index contributed by atoms with van der Waals surface area (Å²) in [6.45, 7) is 5.75. The van der Waals surface area contributed by atoms with Crippen LogP contribution >= 0.6 is 0 Å². The van der Waals surface area contributed by atoms with Crippen LogP contribution < -0.4 is 5.32 Å². The average Bonchev–Trinajstić information content (AvgIpc) is 3.28. The molecule has 1 fully saturated rings. The fourth-order valence-electron chi connectivity index (χ4n) is 3.99. The van der Waals surface area contributed by atoms with E-state index in [1.165, 1.54) is 25.3 Å². The van der Waals surface area contributed by atoms with E-state index in [1.54, 1.807) is 36.7 Å². The quantitative estimate of drug-likeness (QED) is 0.412. The molecule has 1 amide bonds. The SMILES string of the molecule is CC(C)(C)ON=CCc1cnc(NC(=O)[C@H](CC2CCCC2)c2ccc(S(C)(=O)=O)cc2)cn1. The van der Waals surface area contributed by atoms with Gasteiger partial charge in [-0.1, -0.05) is 43.0 Å². The molecule has 0 spiro atoms. The van der Waals surface area contributed by atoms with Crippen LogP contribution in [-0.2, 0) is 25.9 Å². The lowest BCUT2D eigenvalue weighted by atomic mass is 9.87. The molecule has 3 rings (SSSR count). The molecule has 34 heavy (non-hydrogen) atoms. The maximum Gasteiger partial charge on any atom is 0.233 e. The van der Waals surface area contributed by atoms with Crippen LogP contribution in [-0.4, -0.2) is 42.4 Å². The summed E-state index contributed by atoms with van der Waals surface area (Å²) >= 11 is 0. The van der Waals surface area contributed by atoms with Crippen molar-refractivity contribution >= 4 is 27.8 Å². The molecule has 1 atom stereocenters. The van der Waals surface area contributed by atoms with Gasteiger partial charge in [-0.3, -0.25) is 9.78 Å². The summed E-state index contributed by atoms with van der Waals surface area (Å²) in [7, 11) is -3.29. The Balaban J connectivity index is 1.68. The molecule has 0 aliphatic heterocycles. The summed E-state index contributed by atoms with van der Waals surface area (Å²) in [5.74, 6) is 0.301. The van der Waals surface area contributed by atoms with Gasteiger partial charge in [-0.15, -0.1) is 0 Å². The first-order valence-corrected chi connectivity index (χ1v) is 13.5. The summed E-state index contributed by atoms with van der Waals surface area (Å²) in [5, 5.41) is 6.82. The number of anilines is 1. The Hall–Kier alpha value is -2.81. The number of oxime groups is 1. The fraction of sp³-hybridized carbons (Fsp3) is 0.520. The highest BCUT2D eigenvalue weighted by Gasteiger charge is 2.27. The summed E-state index contributed by atoms with van der Waals surface area (Å²) in [4.78, 5) is 27.5. The summed E-state index contributed by atoms with van der Waals surface area (Å²) < 4.78 is 23.6. The van der Waals surface area contributed by atoms with Gasteiger partial charge in [0.1, 0.15) is 5.60 Å². The Morgan fingerprint density at radius 2 is 1.85 bits per heavy atom. The van der Waals surface area contributed by atoms with E-state index >= 15 is 0 Å². The van der Waals surface area contributed by atoms with Crippen LogP contribution in [0.1, 0.15) is 70.1 Å². The van der Waals surface area contributed by atoms with E-state index in [9.17, 15) is 13.2 Å². The van der Waals surface area contributed by atoms with Gasteiger partial charge in [0.2, 0.25) is 5.91 Å². The van der Waals surface area contributed by atoms with Gasteiger partial charge >= 0.3 is 0 Å². The number of hydrogen-bond donors (Lipinski definition) is 1. The lowest BCUT2D eigenvalue weighted by molar-refractivity contribution is -0.118. The Kier molecular flexibility index (Phi) is 8.41. The zero-order valence-corrected chi connectivity index (χ0v) is 21.1. The van der Waals surface area contributed by atoms with E-state index in [-0.39, 0.29) is 22.3 Å². The number of benzene rings is 1. The normalized spacial score (nSPS) is 16.0. The maximum absolute atomic E-state index is 13.2. The Morgan fingerprint density at radius 1 is 1.18 bits per heavy atom. The van der Waals surface area contributed by atoms with Crippen LogP contribution in [0.2, 0.25) is 0 Å². The second-order valence-corrected chi connectivity index (χ2v) is 11.9. The molecule has 1 aromatic carbocycles. The third-order valence-electron chi connectivity index (χ3n) is 5.73. The highest BCUT2D eigenvalue weighted by molar-refractivity contribution is 7.90. The lowest BCUT2D eigenvalue weighted by Gasteiger charge is -2.20. The molecule has 2 aromatic rings. The minimum Gasteiger partial charge on any atom is -0.390 e. The highest BCUT2D eigenvalue weighted by atomic mass is 32.2. The molecule has 0 radical (unpaired) electrons. The largest absolute Gasteiger partial charge is 0.390 e. The van der Waals surface area contributed by atoms with E-state index in [1.807, 2.05) is 20.8 Å². The molecule has 9 heteroatoms. The molecule has 184 valence electrons. The van der Waals surface area contributed by atoms with Crippen LogP contribution in [0.5, 0.6) is 0 Å². The number of aromatic nitrogens is 2. The Bertz CT molecular complexity index is 1090. The van der Waals surface area contributed by atoms with Crippen molar-refractivity contribution in [3.05, 3.63) is 47.9 Å². The topological polar surface area (TPSA) is 111 Å². The van der Waals surface area contributed by atoms with Crippen molar-refractivity contribution in [3.63, 3.8) is 0 Å². The van der Waals surface area contributed by atoms with E-state index in [4.69, 9.17) is 4.84 Å². The van der Waals surface area contributed by atoms with E-state index in [2.05, 4.69) is 20.4 Å². The van der Waals surface area contributed by atoms with Crippen molar-refractivity contribution in [2.24, 2.45) is 11.1 Å². The Morgan fingerprint density at radius 3 is 2.41 bits per heavy atom. The van der Waals surface area contributed by atoms with Crippen LogP contribution in [0.15, 0.2) is 46.7 Å². The van der Waals surface area contributed by atoms with Gasteiger partial charge in [-0.25, -0.2) is 13.4 Å². The molecule has 1 aliphatic carbocycles. The molecule has 1 N–H and O–H groups in total.